The summed E-state index contributed by atoms with van der Waals surface area (Å²) in [4.78, 5) is 8.05. The highest BCUT2D eigenvalue weighted by molar-refractivity contribution is 6.30. The average molecular weight is 298 g/mol. The second-order valence-corrected chi connectivity index (χ2v) is 4.88. The van der Waals surface area contributed by atoms with E-state index in [9.17, 15) is 0 Å². The number of halogens is 1. The fourth-order valence-corrected chi connectivity index (χ4v) is 2.14. The van der Waals surface area contributed by atoms with Crippen LogP contribution in [0.25, 0.3) is 11.1 Å². The fraction of sp³-hybridized carbons (Fsp3) is 0. The van der Waals surface area contributed by atoms with E-state index in [4.69, 9.17) is 22.1 Å². The van der Waals surface area contributed by atoms with Gasteiger partial charge in [0.1, 0.15) is 17.8 Å². The molecule has 3 rings (SSSR count). The van der Waals surface area contributed by atoms with Crippen LogP contribution in [0.15, 0.2) is 61.2 Å². The van der Waals surface area contributed by atoms with Crippen LogP contribution >= 0.6 is 11.6 Å². The number of hydrogen-bond acceptors (Lipinski definition) is 4. The molecule has 0 aliphatic heterocycles. The number of rotatable bonds is 3. The first-order valence-corrected chi connectivity index (χ1v) is 6.68. The van der Waals surface area contributed by atoms with Crippen molar-refractivity contribution in [2.45, 2.75) is 0 Å². The number of nitrogen functional groups attached to an aromatic ring is 1. The molecule has 0 amide bonds. The van der Waals surface area contributed by atoms with Crippen molar-refractivity contribution in [1.29, 1.82) is 0 Å². The van der Waals surface area contributed by atoms with Crippen molar-refractivity contribution in [1.82, 2.24) is 9.97 Å². The molecule has 0 unspecified atom stereocenters. The summed E-state index contributed by atoms with van der Waals surface area (Å²) in [5.41, 5.74) is 8.19. The Morgan fingerprint density at radius 3 is 2.57 bits per heavy atom. The molecule has 0 saturated carbocycles. The normalized spacial score (nSPS) is 10.3. The Morgan fingerprint density at radius 1 is 1.00 bits per heavy atom. The zero-order chi connectivity index (χ0) is 14.7. The molecule has 0 atom stereocenters. The number of hydrogen-bond donors (Lipinski definition) is 1. The molecule has 4 nitrogen and oxygen atoms in total. The van der Waals surface area contributed by atoms with Crippen LogP contribution in [0, 0.1) is 0 Å². The number of nitrogens with two attached hydrogens (primary N) is 1. The fourth-order valence-electron chi connectivity index (χ4n) is 1.96. The van der Waals surface area contributed by atoms with Gasteiger partial charge < -0.3 is 10.5 Å². The van der Waals surface area contributed by atoms with E-state index in [1.54, 1.807) is 30.6 Å². The lowest BCUT2D eigenvalue weighted by atomic mass is 10.1. The van der Waals surface area contributed by atoms with Gasteiger partial charge in [0.05, 0.1) is 0 Å². The Kier molecular flexibility index (Phi) is 3.71. The molecule has 21 heavy (non-hydrogen) atoms. The van der Waals surface area contributed by atoms with Crippen molar-refractivity contribution in [3.63, 3.8) is 0 Å². The number of benzene rings is 2. The summed E-state index contributed by atoms with van der Waals surface area (Å²) in [5.74, 6) is 1.28. The van der Waals surface area contributed by atoms with Gasteiger partial charge in [-0.15, -0.1) is 0 Å². The summed E-state index contributed by atoms with van der Waals surface area (Å²) in [6.07, 6.45) is 4.94. The number of ether oxygens (including phenoxy) is 1. The average Bonchev–Trinajstić information content (AvgIpc) is 2.48. The highest BCUT2D eigenvalue weighted by Gasteiger charge is 2.09. The third-order valence-corrected chi connectivity index (χ3v) is 3.14. The maximum absolute atomic E-state index is 5.97. The predicted molar refractivity (Wildman–Crippen MR) is 83.4 cm³/mol. The van der Waals surface area contributed by atoms with E-state index in [0.29, 0.717) is 22.2 Å². The Bertz CT molecular complexity index is 762. The molecule has 2 aromatic carbocycles. The highest BCUT2D eigenvalue weighted by atomic mass is 35.5. The van der Waals surface area contributed by atoms with Gasteiger partial charge in [0, 0.05) is 40.3 Å². The number of aromatic nitrogens is 2. The third kappa shape index (κ3) is 3.12. The molecule has 1 heterocycles. The number of nitrogens with zero attached hydrogens (tertiary/aromatic N) is 2. The quantitative estimate of drug-likeness (QED) is 0.737. The molecule has 0 saturated heterocycles. The molecule has 0 bridgehead atoms. The van der Waals surface area contributed by atoms with Crippen LogP contribution in [0.2, 0.25) is 5.02 Å². The van der Waals surface area contributed by atoms with E-state index >= 15 is 0 Å². The van der Waals surface area contributed by atoms with Crippen molar-refractivity contribution in [2.75, 3.05) is 5.73 Å². The van der Waals surface area contributed by atoms with E-state index in [2.05, 4.69) is 9.97 Å². The zero-order valence-electron chi connectivity index (χ0n) is 11.0. The SMILES string of the molecule is Nc1ccc(-c2cncnc2)c(Oc2cccc(Cl)c2)c1. The zero-order valence-corrected chi connectivity index (χ0v) is 11.8. The number of anilines is 1. The summed E-state index contributed by atoms with van der Waals surface area (Å²) < 4.78 is 5.91. The maximum atomic E-state index is 5.97. The molecule has 0 aliphatic carbocycles. The Balaban J connectivity index is 2.03. The Morgan fingerprint density at radius 2 is 1.81 bits per heavy atom. The summed E-state index contributed by atoms with van der Waals surface area (Å²) in [6.45, 7) is 0. The molecule has 1 aromatic heterocycles. The minimum absolute atomic E-state index is 0.612. The van der Waals surface area contributed by atoms with Gasteiger partial charge in [0.15, 0.2) is 0 Å². The monoisotopic (exact) mass is 297 g/mol. The molecule has 3 aromatic rings. The Labute approximate surface area is 127 Å². The lowest BCUT2D eigenvalue weighted by Crippen LogP contribution is -1.92. The standard InChI is InChI=1S/C16H12ClN3O/c17-12-2-1-3-14(6-12)21-16-7-13(18)4-5-15(16)11-8-19-10-20-9-11/h1-10H,18H2. The maximum Gasteiger partial charge on any atom is 0.137 e. The van der Waals surface area contributed by atoms with Crippen molar-refractivity contribution in [3.8, 4) is 22.6 Å². The van der Waals surface area contributed by atoms with E-state index < -0.39 is 0 Å². The predicted octanol–water partition coefficient (Wildman–Crippen LogP) is 4.17. The topological polar surface area (TPSA) is 61.0 Å². The first kappa shape index (κ1) is 13.4. The molecular weight excluding hydrogens is 286 g/mol. The van der Waals surface area contributed by atoms with Gasteiger partial charge >= 0.3 is 0 Å². The molecule has 0 spiro atoms. The lowest BCUT2D eigenvalue weighted by Gasteiger charge is -2.12. The van der Waals surface area contributed by atoms with Gasteiger partial charge in [-0.1, -0.05) is 17.7 Å². The molecular formula is C16H12ClN3O. The first-order valence-electron chi connectivity index (χ1n) is 6.31. The van der Waals surface area contributed by atoms with Crippen LogP contribution in [0.5, 0.6) is 11.5 Å². The van der Waals surface area contributed by atoms with Gasteiger partial charge in [-0.2, -0.15) is 0 Å². The molecule has 5 heteroatoms. The first-order chi connectivity index (χ1) is 10.2. The van der Waals surface area contributed by atoms with Gasteiger partial charge in [-0.3, -0.25) is 0 Å². The van der Waals surface area contributed by atoms with Crippen LogP contribution in [0.4, 0.5) is 5.69 Å². The minimum atomic E-state index is 0.612. The molecule has 0 radical (unpaired) electrons. The Hall–Kier alpha value is -2.59. The second-order valence-electron chi connectivity index (χ2n) is 4.44. The highest BCUT2D eigenvalue weighted by Crippen LogP contribution is 2.34. The molecule has 104 valence electrons. The van der Waals surface area contributed by atoms with Gasteiger partial charge in [0.25, 0.3) is 0 Å². The van der Waals surface area contributed by atoms with Crippen molar-refractivity contribution >= 4 is 17.3 Å². The molecule has 2 N–H and O–H groups in total. The summed E-state index contributed by atoms with van der Waals surface area (Å²) in [5, 5.41) is 0.612. The van der Waals surface area contributed by atoms with E-state index in [1.807, 2.05) is 24.3 Å². The van der Waals surface area contributed by atoms with Crippen LogP contribution in [-0.4, -0.2) is 9.97 Å². The molecule has 0 fully saturated rings. The van der Waals surface area contributed by atoms with Gasteiger partial charge in [0.2, 0.25) is 0 Å². The van der Waals surface area contributed by atoms with E-state index in [1.165, 1.54) is 6.33 Å². The van der Waals surface area contributed by atoms with Gasteiger partial charge in [-0.25, -0.2) is 9.97 Å². The van der Waals surface area contributed by atoms with E-state index in [0.717, 1.165) is 11.1 Å². The van der Waals surface area contributed by atoms with Gasteiger partial charge in [-0.05, 0) is 30.3 Å². The summed E-state index contributed by atoms with van der Waals surface area (Å²) >= 11 is 5.97. The third-order valence-electron chi connectivity index (χ3n) is 2.90. The van der Waals surface area contributed by atoms with Crippen LogP contribution in [-0.2, 0) is 0 Å². The summed E-state index contributed by atoms with van der Waals surface area (Å²) in [6, 6.07) is 12.7. The largest absolute Gasteiger partial charge is 0.457 e. The van der Waals surface area contributed by atoms with Crippen LogP contribution in [0.3, 0.4) is 0 Å². The lowest BCUT2D eigenvalue weighted by molar-refractivity contribution is 0.485. The van der Waals surface area contributed by atoms with E-state index in [-0.39, 0.29) is 0 Å². The smallest absolute Gasteiger partial charge is 0.137 e. The molecule has 0 aliphatic rings. The van der Waals surface area contributed by atoms with Crippen molar-refractivity contribution < 1.29 is 4.74 Å². The van der Waals surface area contributed by atoms with Crippen LogP contribution < -0.4 is 10.5 Å². The van der Waals surface area contributed by atoms with Crippen molar-refractivity contribution in [2.24, 2.45) is 0 Å². The second kappa shape index (κ2) is 5.81. The minimum Gasteiger partial charge on any atom is -0.457 e. The summed E-state index contributed by atoms with van der Waals surface area (Å²) in [7, 11) is 0. The van der Waals surface area contributed by atoms with Crippen LogP contribution in [0.1, 0.15) is 0 Å². The van der Waals surface area contributed by atoms with Crippen molar-refractivity contribution in [3.05, 3.63) is 66.2 Å².